The lowest BCUT2D eigenvalue weighted by atomic mass is 10.1. The fourth-order valence-electron chi connectivity index (χ4n) is 2.35. The van der Waals surface area contributed by atoms with Crippen LogP contribution in [0.3, 0.4) is 0 Å². The third kappa shape index (κ3) is 3.39. The van der Waals surface area contributed by atoms with Crippen LogP contribution in [0.1, 0.15) is 17.0 Å². The summed E-state index contributed by atoms with van der Waals surface area (Å²) in [7, 11) is 0. The molecule has 6 heteroatoms. The standard InChI is InChI=1S/C16H18N4OS/c1-11-8-12(2)10-14(9-11)15-18-19-16(21-15)22-7-6-20-5-4-17-13(20)3/h4-5,8-10H,6-7H2,1-3H3. The highest BCUT2D eigenvalue weighted by molar-refractivity contribution is 7.99. The maximum absolute atomic E-state index is 5.75. The van der Waals surface area contributed by atoms with E-state index < -0.39 is 0 Å². The van der Waals surface area contributed by atoms with Gasteiger partial charge in [-0.2, -0.15) is 0 Å². The maximum atomic E-state index is 5.75. The van der Waals surface area contributed by atoms with Crippen molar-refractivity contribution in [3.05, 3.63) is 47.5 Å². The highest BCUT2D eigenvalue weighted by atomic mass is 32.2. The van der Waals surface area contributed by atoms with E-state index in [4.69, 9.17) is 4.42 Å². The van der Waals surface area contributed by atoms with E-state index in [0.29, 0.717) is 11.1 Å². The first kappa shape index (κ1) is 14.8. The van der Waals surface area contributed by atoms with E-state index in [1.807, 2.05) is 19.3 Å². The van der Waals surface area contributed by atoms with Gasteiger partial charge in [-0.05, 0) is 32.9 Å². The van der Waals surface area contributed by atoms with E-state index in [0.717, 1.165) is 23.7 Å². The Labute approximate surface area is 133 Å². The number of nitrogens with zero attached hydrogens (tertiary/aromatic N) is 4. The minimum Gasteiger partial charge on any atom is -0.411 e. The Kier molecular flexibility index (Phi) is 4.29. The van der Waals surface area contributed by atoms with Crippen molar-refractivity contribution in [1.82, 2.24) is 19.7 Å². The van der Waals surface area contributed by atoms with E-state index in [9.17, 15) is 0 Å². The predicted molar refractivity (Wildman–Crippen MR) is 86.9 cm³/mol. The molecule has 0 atom stereocenters. The molecule has 1 aromatic carbocycles. The Morgan fingerprint density at radius 1 is 1.09 bits per heavy atom. The number of aromatic nitrogens is 4. The Hall–Kier alpha value is -2.08. The van der Waals surface area contributed by atoms with Crippen LogP contribution in [0.25, 0.3) is 11.5 Å². The second-order valence-corrected chi connectivity index (χ2v) is 6.31. The highest BCUT2D eigenvalue weighted by Gasteiger charge is 2.10. The molecule has 0 unspecified atom stereocenters. The first-order valence-electron chi connectivity index (χ1n) is 7.14. The van der Waals surface area contributed by atoms with Crippen molar-refractivity contribution in [3.63, 3.8) is 0 Å². The van der Waals surface area contributed by atoms with Gasteiger partial charge in [0.15, 0.2) is 0 Å². The molecule has 0 radical (unpaired) electrons. The molecule has 5 nitrogen and oxygen atoms in total. The molecule has 2 aromatic heterocycles. The zero-order valence-electron chi connectivity index (χ0n) is 12.9. The summed E-state index contributed by atoms with van der Waals surface area (Å²) in [5.74, 6) is 2.46. The van der Waals surface area contributed by atoms with Crippen molar-refractivity contribution in [2.45, 2.75) is 32.5 Å². The number of rotatable bonds is 5. The van der Waals surface area contributed by atoms with Crippen LogP contribution in [-0.4, -0.2) is 25.5 Å². The van der Waals surface area contributed by atoms with Crippen molar-refractivity contribution in [2.75, 3.05) is 5.75 Å². The van der Waals surface area contributed by atoms with Crippen LogP contribution < -0.4 is 0 Å². The summed E-state index contributed by atoms with van der Waals surface area (Å²) < 4.78 is 7.85. The van der Waals surface area contributed by atoms with Crippen LogP contribution in [0, 0.1) is 20.8 Å². The van der Waals surface area contributed by atoms with Gasteiger partial charge in [0, 0.05) is 30.3 Å². The molecule has 22 heavy (non-hydrogen) atoms. The summed E-state index contributed by atoms with van der Waals surface area (Å²) in [5, 5.41) is 8.86. The van der Waals surface area contributed by atoms with Crippen LogP contribution in [0.4, 0.5) is 0 Å². The molecular formula is C16H18N4OS. The van der Waals surface area contributed by atoms with E-state index in [2.05, 4.69) is 51.8 Å². The number of hydrogen-bond donors (Lipinski definition) is 0. The Morgan fingerprint density at radius 2 is 1.86 bits per heavy atom. The minimum atomic E-state index is 0.577. The van der Waals surface area contributed by atoms with Crippen LogP contribution in [0.15, 0.2) is 40.2 Å². The van der Waals surface area contributed by atoms with Gasteiger partial charge in [0.25, 0.3) is 5.22 Å². The van der Waals surface area contributed by atoms with Crippen molar-refractivity contribution >= 4 is 11.8 Å². The average molecular weight is 314 g/mol. The van der Waals surface area contributed by atoms with Gasteiger partial charge >= 0.3 is 0 Å². The number of aryl methyl sites for hydroxylation is 4. The number of hydrogen-bond acceptors (Lipinski definition) is 5. The van der Waals surface area contributed by atoms with Crippen molar-refractivity contribution in [1.29, 1.82) is 0 Å². The zero-order chi connectivity index (χ0) is 15.5. The Morgan fingerprint density at radius 3 is 2.55 bits per heavy atom. The third-order valence-electron chi connectivity index (χ3n) is 3.36. The Bertz CT molecular complexity index is 758. The van der Waals surface area contributed by atoms with Crippen LogP contribution in [0.2, 0.25) is 0 Å². The quantitative estimate of drug-likeness (QED) is 0.673. The fraction of sp³-hybridized carbons (Fsp3) is 0.312. The first-order valence-corrected chi connectivity index (χ1v) is 8.13. The van der Waals surface area contributed by atoms with Crippen LogP contribution in [-0.2, 0) is 6.54 Å². The molecule has 3 aromatic rings. The average Bonchev–Trinajstić information content (AvgIpc) is 3.08. The molecule has 0 bridgehead atoms. The predicted octanol–water partition coefficient (Wildman–Crippen LogP) is 3.65. The largest absolute Gasteiger partial charge is 0.411 e. The fourth-order valence-corrected chi connectivity index (χ4v) is 3.05. The van der Waals surface area contributed by atoms with Gasteiger partial charge in [-0.25, -0.2) is 4.98 Å². The molecule has 114 valence electrons. The molecule has 2 heterocycles. The summed E-state index contributed by atoms with van der Waals surface area (Å²) in [6.07, 6.45) is 3.79. The summed E-state index contributed by atoms with van der Waals surface area (Å²) in [6, 6.07) is 6.25. The highest BCUT2D eigenvalue weighted by Crippen LogP contribution is 2.25. The topological polar surface area (TPSA) is 56.7 Å². The first-order chi connectivity index (χ1) is 10.6. The SMILES string of the molecule is Cc1cc(C)cc(-c2nnc(SCCn3ccnc3C)o2)c1. The molecule has 0 spiro atoms. The lowest BCUT2D eigenvalue weighted by Gasteiger charge is -2.02. The van der Waals surface area contributed by atoms with Crippen molar-refractivity contribution in [3.8, 4) is 11.5 Å². The Balaban J connectivity index is 1.65. The van der Waals surface area contributed by atoms with Gasteiger partial charge in [0.1, 0.15) is 5.82 Å². The second kappa shape index (κ2) is 6.36. The van der Waals surface area contributed by atoms with Gasteiger partial charge in [-0.1, -0.05) is 29.0 Å². The van der Waals surface area contributed by atoms with Crippen molar-refractivity contribution < 1.29 is 4.42 Å². The van der Waals surface area contributed by atoms with E-state index in [1.165, 1.54) is 11.1 Å². The van der Waals surface area contributed by atoms with E-state index in [-0.39, 0.29) is 0 Å². The summed E-state index contributed by atoms with van der Waals surface area (Å²) in [5.41, 5.74) is 3.36. The molecule has 0 aliphatic rings. The lowest BCUT2D eigenvalue weighted by molar-refractivity contribution is 0.465. The molecule has 0 aliphatic heterocycles. The number of imidazole rings is 1. The number of benzene rings is 1. The number of thioether (sulfide) groups is 1. The summed E-state index contributed by atoms with van der Waals surface area (Å²) in [6.45, 7) is 7.00. The molecule has 0 fully saturated rings. The molecule has 0 saturated heterocycles. The molecule has 0 saturated carbocycles. The molecule has 0 N–H and O–H groups in total. The maximum Gasteiger partial charge on any atom is 0.276 e. The van der Waals surface area contributed by atoms with E-state index in [1.54, 1.807) is 11.8 Å². The third-order valence-corrected chi connectivity index (χ3v) is 4.16. The minimum absolute atomic E-state index is 0.577. The van der Waals surface area contributed by atoms with Gasteiger partial charge in [-0.15, -0.1) is 10.2 Å². The smallest absolute Gasteiger partial charge is 0.276 e. The van der Waals surface area contributed by atoms with Crippen LogP contribution >= 0.6 is 11.8 Å². The molecule has 0 aliphatic carbocycles. The van der Waals surface area contributed by atoms with E-state index >= 15 is 0 Å². The van der Waals surface area contributed by atoms with Gasteiger partial charge < -0.3 is 8.98 Å². The van der Waals surface area contributed by atoms with Gasteiger partial charge in [0.05, 0.1) is 0 Å². The van der Waals surface area contributed by atoms with Crippen LogP contribution in [0.5, 0.6) is 0 Å². The molecule has 0 amide bonds. The summed E-state index contributed by atoms with van der Waals surface area (Å²) in [4.78, 5) is 4.20. The normalized spacial score (nSPS) is 11.0. The molecule has 3 rings (SSSR count). The van der Waals surface area contributed by atoms with Gasteiger partial charge in [-0.3, -0.25) is 0 Å². The van der Waals surface area contributed by atoms with Gasteiger partial charge in [0.2, 0.25) is 5.89 Å². The second-order valence-electron chi connectivity index (χ2n) is 5.27. The summed E-state index contributed by atoms with van der Waals surface area (Å²) >= 11 is 1.56. The lowest BCUT2D eigenvalue weighted by Crippen LogP contribution is -2.01. The zero-order valence-corrected chi connectivity index (χ0v) is 13.7. The molecular weight excluding hydrogens is 296 g/mol. The monoisotopic (exact) mass is 314 g/mol. The van der Waals surface area contributed by atoms with Crippen molar-refractivity contribution in [2.24, 2.45) is 0 Å².